The molecule has 0 atom stereocenters. The van der Waals surface area contributed by atoms with Gasteiger partial charge in [-0.25, -0.2) is 9.78 Å². The molecular weight excluding hydrogens is 367 g/mol. The highest BCUT2D eigenvalue weighted by atomic mass is 19.4. The number of carboxylic acids is 1. The number of aromatic nitrogens is 4. The molecule has 142 valence electrons. The Morgan fingerprint density at radius 3 is 2.50 bits per heavy atom. The average Bonchev–Trinajstić information content (AvgIpc) is 2.88. The Labute approximate surface area is 143 Å². The van der Waals surface area contributed by atoms with E-state index in [-0.39, 0.29) is 28.6 Å². The van der Waals surface area contributed by atoms with E-state index in [1.54, 1.807) is 6.92 Å². The maximum Gasteiger partial charge on any atom is 0.441 e. The van der Waals surface area contributed by atoms with E-state index >= 15 is 0 Å². The average molecular weight is 380 g/mol. The number of alkyl halides is 5. The van der Waals surface area contributed by atoms with Crippen LogP contribution in [0.1, 0.15) is 18.2 Å². The lowest BCUT2D eigenvalue weighted by Gasteiger charge is -2.13. The number of nitrogens with one attached hydrogen (secondary N) is 2. The first kappa shape index (κ1) is 19.3. The summed E-state index contributed by atoms with van der Waals surface area (Å²) in [6.45, 7) is 3.02. The Hall–Kier alpha value is -2.99. The molecule has 2 aromatic rings. The van der Waals surface area contributed by atoms with E-state index in [4.69, 9.17) is 5.11 Å². The second-order valence-corrected chi connectivity index (χ2v) is 5.03. The van der Waals surface area contributed by atoms with Gasteiger partial charge in [-0.05, 0) is 13.8 Å². The van der Waals surface area contributed by atoms with Gasteiger partial charge in [0.1, 0.15) is 11.4 Å². The van der Waals surface area contributed by atoms with Crippen molar-refractivity contribution >= 4 is 23.4 Å². The molecule has 0 aliphatic carbocycles. The second-order valence-electron chi connectivity index (χ2n) is 5.03. The number of halogens is 5. The summed E-state index contributed by atoms with van der Waals surface area (Å²) in [6.07, 6.45) is -3.45. The fourth-order valence-electron chi connectivity index (χ4n) is 1.90. The highest BCUT2D eigenvalue weighted by Gasteiger charge is 2.42. The molecule has 0 unspecified atom stereocenters. The number of rotatable bonds is 6. The summed E-state index contributed by atoms with van der Waals surface area (Å²) in [5.41, 5.74) is -1.21. The van der Waals surface area contributed by atoms with E-state index in [1.165, 1.54) is 6.92 Å². The number of hydrogen-bond donors (Lipinski definition) is 3. The number of anilines is 3. The highest BCUT2D eigenvalue weighted by Crippen LogP contribution is 2.34. The molecule has 3 N–H and O–H groups in total. The van der Waals surface area contributed by atoms with Crippen LogP contribution >= 0.6 is 0 Å². The van der Waals surface area contributed by atoms with Crippen molar-refractivity contribution in [2.75, 3.05) is 17.2 Å². The fourth-order valence-corrected chi connectivity index (χ4v) is 1.90. The van der Waals surface area contributed by atoms with Crippen LogP contribution in [0.4, 0.5) is 39.4 Å². The van der Waals surface area contributed by atoms with Crippen molar-refractivity contribution in [2.24, 2.45) is 0 Å². The molecule has 0 bridgehead atoms. The number of aryl methyl sites for hydroxylation is 1. The molecule has 0 radical (unpaired) electrons. The first-order valence-electron chi connectivity index (χ1n) is 7.10. The summed E-state index contributed by atoms with van der Waals surface area (Å²) in [6, 6.07) is -4.29. The van der Waals surface area contributed by atoms with Gasteiger partial charge in [0.15, 0.2) is 0 Å². The topological polar surface area (TPSA) is 105 Å². The highest BCUT2D eigenvalue weighted by molar-refractivity contribution is 5.73. The van der Waals surface area contributed by atoms with Crippen molar-refractivity contribution in [1.82, 2.24) is 19.7 Å². The first-order valence-corrected chi connectivity index (χ1v) is 7.10. The Kier molecular flexibility index (Phi) is 5.00. The van der Waals surface area contributed by atoms with E-state index in [9.17, 15) is 26.7 Å². The largest absolute Gasteiger partial charge is 0.475 e. The molecule has 0 aromatic carbocycles. The van der Waals surface area contributed by atoms with Gasteiger partial charge in [-0.3, -0.25) is 0 Å². The first-order chi connectivity index (χ1) is 12.0. The van der Waals surface area contributed by atoms with Gasteiger partial charge >= 0.3 is 18.2 Å². The van der Waals surface area contributed by atoms with Crippen molar-refractivity contribution in [3.63, 3.8) is 0 Å². The van der Waals surface area contributed by atoms with E-state index in [2.05, 4.69) is 25.7 Å². The number of carbonyl (C=O) groups is 1. The van der Waals surface area contributed by atoms with Gasteiger partial charge in [0.2, 0.25) is 5.95 Å². The van der Waals surface area contributed by atoms with Crippen LogP contribution in [-0.2, 0) is 17.0 Å². The van der Waals surface area contributed by atoms with E-state index in [0.29, 0.717) is 12.4 Å². The van der Waals surface area contributed by atoms with Crippen LogP contribution in [0, 0.1) is 6.92 Å². The Morgan fingerprint density at radius 2 is 1.96 bits per heavy atom. The van der Waals surface area contributed by atoms with Gasteiger partial charge in [-0.2, -0.15) is 36.7 Å². The smallest absolute Gasteiger partial charge is 0.441 e. The summed E-state index contributed by atoms with van der Waals surface area (Å²) < 4.78 is 65.6. The lowest BCUT2D eigenvalue weighted by atomic mass is 10.3. The summed E-state index contributed by atoms with van der Waals surface area (Å²) >= 11 is 0. The SMILES string of the molecule is CCNc1nc(Nc2cn(C(F)(F)C(=O)O)nc2C)ncc1C(F)(F)F. The summed E-state index contributed by atoms with van der Waals surface area (Å²) in [4.78, 5) is 17.8. The van der Waals surface area contributed by atoms with E-state index < -0.39 is 29.6 Å². The third-order valence-corrected chi connectivity index (χ3v) is 3.13. The van der Waals surface area contributed by atoms with E-state index in [1.807, 2.05) is 0 Å². The van der Waals surface area contributed by atoms with Crippen molar-refractivity contribution in [3.8, 4) is 0 Å². The molecule has 0 aliphatic rings. The van der Waals surface area contributed by atoms with Crippen molar-refractivity contribution < 1.29 is 31.9 Å². The van der Waals surface area contributed by atoms with Crippen LogP contribution in [0.25, 0.3) is 0 Å². The van der Waals surface area contributed by atoms with Crippen LogP contribution in [0.2, 0.25) is 0 Å². The zero-order valence-electron chi connectivity index (χ0n) is 13.4. The molecule has 2 heterocycles. The minimum atomic E-state index is -4.68. The molecule has 2 aromatic heterocycles. The zero-order chi connectivity index (χ0) is 19.7. The normalized spacial score (nSPS) is 12.1. The lowest BCUT2D eigenvalue weighted by Crippen LogP contribution is -2.33. The van der Waals surface area contributed by atoms with Gasteiger partial charge in [-0.1, -0.05) is 0 Å². The molecule has 0 fully saturated rings. The predicted octanol–water partition coefficient (Wildman–Crippen LogP) is 2.81. The molecule has 0 saturated heterocycles. The molecule has 2 rings (SSSR count). The Bertz CT molecular complexity index is 820. The Balaban J connectivity index is 2.36. The third kappa shape index (κ3) is 3.81. The molecule has 8 nitrogen and oxygen atoms in total. The Morgan fingerprint density at radius 1 is 1.31 bits per heavy atom. The van der Waals surface area contributed by atoms with Gasteiger partial charge in [0.05, 0.1) is 17.6 Å². The fraction of sp³-hybridized carbons (Fsp3) is 0.385. The van der Waals surface area contributed by atoms with Gasteiger partial charge in [0.25, 0.3) is 0 Å². The van der Waals surface area contributed by atoms with Gasteiger partial charge in [0, 0.05) is 12.7 Å². The van der Waals surface area contributed by atoms with Gasteiger partial charge < -0.3 is 15.7 Å². The molecule has 0 amide bonds. The minimum Gasteiger partial charge on any atom is -0.475 e. The molecule has 26 heavy (non-hydrogen) atoms. The van der Waals surface area contributed by atoms with Crippen LogP contribution in [-0.4, -0.2) is 37.4 Å². The number of hydrogen-bond acceptors (Lipinski definition) is 6. The molecule has 0 saturated carbocycles. The zero-order valence-corrected chi connectivity index (χ0v) is 13.4. The number of aliphatic carboxylic acids is 1. The molecule has 13 heteroatoms. The molecule has 0 spiro atoms. The second kappa shape index (κ2) is 6.72. The van der Waals surface area contributed by atoms with E-state index in [0.717, 1.165) is 0 Å². The van der Waals surface area contributed by atoms with Crippen molar-refractivity contribution in [2.45, 2.75) is 26.1 Å². The number of nitrogens with zero attached hydrogens (tertiary/aromatic N) is 4. The monoisotopic (exact) mass is 380 g/mol. The summed E-state index contributed by atoms with van der Waals surface area (Å²) in [5, 5.41) is 16.8. The lowest BCUT2D eigenvalue weighted by molar-refractivity contribution is -0.183. The molecular formula is C13H13F5N6O2. The maximum absolute atomic E-state index is 13.5. The van der Waals surface area contributed by atoms with Gasteiger partial charge in [-0.15, -0.1) is 0 Å². The standard InChI is InChI=1S/C13H13F5N6O2/c1-3-19-9-7(12(14,15)16)4-20-11(22-9)21-8-5-24(23-6(8)2)13(17,18)10(25)26/h4-5H,3H2,1-2H3,(H,25,26)(H2,19,20,21,22). The van der Waals surface area contributed by atoms with Crippen LogP contribution in [0.15, 0.2) is 12.4 Å². The van der Waals surface area contributed by atoms with Crippen LogP contribution < -0.4 is 10.6 Å². The third-order valence-electron chi connectivity index (χ3n) is 3.13. The van der Waals surface area contributed by atoms with Crippen molar-refractivity contribution in [3.05, 3.63) is 23.7 Å². The molecule has 0 aliphatic heterocycles. The predicted molar refractivity (Wildman–Crippen MR) is 79.3 cm³/mol. The minimum absolute atomic E-state index is 0.0283. The quantitative estimate of drug-likeness (QED) is 0.662. The van der Waals surface area contributed by atoms with Crippen LogP contribution in [0.5, 0.6) is 0 Å². The summed E-state index contributed by atoms with van der Waals surface area (Å²) in [7, 11) is 0. The number of carboxylic acid groups (broad SMARTS) is 1. The van der Waals surface area contributed by atoms with Crippen LogP contribution in [0.3, 0.4) is 0 Å². The summed E-state index contributed by atoms with van der Waals surface area (Å²) in [5.74, 6) is -3.21. The maximum atomic E-state index is 13.5. The van der Waals surface area contributed by atoms with Crippen molar-refractivity contribution in [1.29, 1.82) is 0 Å².